The molecule has 1 unspecified atom stereocenters. The van der Waals surface area contributed by atoms with Crippen molar-refractivity contribution in [2.45, 2.75) is 25.9 Å². The standard InChI is InChI=1S/C20H18F2N4O/c1-12-2-4-13(5-3-12)11-26-7-6-16(20(26)27)24-19-10-23-17-8-14(21)15(22)9-18(17)25-19/h2-5,8-10,16H,6-7,11H2,1H3,(H,24,25). The van der Waals surface area contributed by atoms with Gasteiger partial charge in [0.1, 0.15) is 11.9 Å². The Morgan fingerprint density at radius 3 is 2.59 bits per heavy atom. The first kappa shape index (κ1) is 17.3. The van der Waals surface area contributed by atoms with Gasteiger partial charge in [0.15, 0.2) is 11.6 Å². The lowest BCUT2D eigenvalue weighted by Gasteiger charge is -2.17. The average Bonchev–Trinajstić information content (AvgIpc) is 2.98. The zero-order chi connectivity index (χ0) is 19.0. The lowest BCUT2D eigenvalue weighted by Crippen LogP contribution is -2.33. The number of aryl methyl sites for hydroxylation is 1. The van der Waals surface area contributed by atoms with Crippen molar-refractivity contribution in [1.29, 1.82) is 0 Å². The molecule has 138 valence electrons. The maximum Gasteiger partial charge on any atom is 0.245 e. The molecule has 1 aromatic heterocycles. The van der Waals surface area contributed by atoms with Gasteiger partial charge in [0.05, 0.1) is 17.2 Å². The van der Waals surface area contributed by atoms with Crippen LogP contribution in [0.3, 0.4) is 0 Å². The number of likely N-dealkylation sites (tertiary alicyclic amines) is 1. The van der Waals surface area contributed by atoms with Crippen molar-refractivity contribution in [3.05, 3.63) is 65.4 Å². The molecule has 2 aromatic carbocycles. The number of amides is 1. The number of benzene rings is 2. The van der Waals surface area contributed by atoms with Crippen molar-refractivity contribution in [2.75, 3.05) is 11.9 Å². The van der Waals surface area contributed by atoms with Gasteiger partial charge in [-0.3, -0.25) is 9.78 Å². The van der Waals surface area contributed by atoms with Crippen LogP contribution in [-0.4, -0.2) is 33.4 Å². The highest BCUT2D eigenvalue weighted by Gasteiger charge is 2.31. The summed E-state index contributed by atoms with van der Waals surface area (Å²) in [5, 5.41) is 3.06. The van der Waals surface area contributed by atoms with Crippen molar-refractivity contribution < 1.29 is 13.6 Å². The quantitative estimate of drug-likeness (QED) is 0.767. The van der Waals surface area contributed by atoms with Gasteiger partial charge in [-0.1, -0.05) is 29.8 Å². The minimum absolute atomic E-state index is 0.0113. The fourth-order valence-corrected chi connectivity index (χ4v) is 3.20. The molecular weight excluding hydrogens is 350 g/mol. The monoisotopic (exact) mass is 368 g/mol. The van der Waals surface area contributed by atoms with E-state index in [-0.39, 0.29) is 16.9 Å². The van der Waals surface area contributed by atoms with Crippen molar-refractivity contribution in [3.8, 4) is 0 Å². The fraction of sp³-hybridized carbons (Fsp3) is 0.250. The van der Waals surface area contributed by atoms with Crippen molar-refractivity contribution in [3.63, 3.8) is 0 Å². The van der Waals surface area contributed by atoms with Crippen LogP contribution in [-0.2, 0) is 11.3 Å². The minimum atomic E-state index is -0.977. The summed E-state index contributed by atoms with van der Waals surface area (Å²) in [6.45, 7) is 3.23. The second kappa shape index (κ2) is 6.90. The molecule has 1 amide bonds. The summed E-state index contributed by atoms with van der Waals surface area (Å²) >= 11 is 0. The number of fused-ring (bicyclic) bond motifs is 1. The predicted octanol–water partition coefficient (Wildman–Crippen LogP) is 3.43. The number of nitrogens with one attached hydrogen (secondary N) is 1. The Labute approximate surface area is 155 Å². The van der Waals surface area contributed by atoms with Crippen LogP contribution in [0.5, 0.6) is 0 Å². The molecule has 0 spiro atoms. The van der Waals surface area contributed by atoms with Gasteiger partial charge in [0.25, 0.3) is 0 Å². The van der Waals surface area contributed by atoms with E-state index in [2.05, 4.69) is 15.3 Å². The van der Waals surface area contributed by atoms with Crippen LogP contribution in [0, 0.1) is 18.6 Å². The van der Waals surface area contributed by atoms with E-state index in [9.17, 15) is 13.6 Å². The fourth-order valence-electron chi connectivity index (χ4n) is 3.20. The van der Waals surface area contributed by atoms with Gasteiger partial charge in [0.2, 0.25) is 5.91 Å². The topological polar surface area (TPSA) is 58.1 Å². The molecule has 1 atom stereocenters. The predicted molar refractivity (Wildman–Crippen MR) is 98.1 cm³/mol. The van der Waals surface area contributed by atoms with Crippen molar-refractivity contribution in [1.82, 2.24) is 14.9 Å². The zero-order valence-corrected chi connectivity index (χ0v) is 14.7. The summed E-state index contributed by atoms with van der Waals surface area (Å²) in [6.07, 6.45) is 2.07. The number of nitrogens with zero attached hydrogens (tertiary/aromatic N) is 3. The number of aromatic nitrogens is 2. The molecule has 1 saturated heterocycles. The SMILES string of the molecule is Cc1ccc(CN2CCC(Nc3cnc4cc(F)c(F)cc4n3)C2=O)cc1. The summed E-state index contributed by atoms with van der Waals surface area (Å²) in [4.78, 5) is 22.8. The van der Waals surface area contributed by atoms with Crippen LogP contribution in [0.15, 0.2) is 42.6 Å². The molecule has 1 N–H and O–H groups in total. The summed E-state index contributed by atoms with van der Waals surface area (Å²) in [5.74, 6) is -1.59. The number of hydrogen-bond acceptors (Lipinski definition) is 4. The lowest BCUT2D eigenvalue weighted by molar-refractivity contribution is -0.128. The molecule has 0 bridgehead atoms. The normalized spacial score (nSPS) is 16.9. The Bertz CT molecular complexity index is 1010. The molecule has 0 radical (unpaired) electrons. The molecular formula is C20H18F2N4O. The highest BCUT2D eigenvalue weighted by atomic mass is 19.2. The van der Waals surface area contributed by atoms with Crippen LogP contribution in [0.2, 0.25) is 0 Å². The minimum Gasteiger partial charge on any atom is -0.357 e. The Hall–Kier alpha value is -3.09. The molecule has 1 aliphatic heterocycles. The van der Waals surface area contributed by atoms with E-state index < -0.39 is 17.7 Å². The second-order valence-corrected chi connectivity index (χ2v) is 6.74. The smallest absolute Gasteiger partial charge is 0.245 e. The summed E-state index contributed by atoms with van der Waals surface area (Å²) in [7, 11) is 0. The molecule has 27 heavy (non-hydrogen) atoms. The van der Waals surface area contributed by atoms with E-state index in [1.54, 1.807) is 4.90 Å². The van der Waals surface area contributed by atoms with E-state index in [1.165, 1.54) is 11.8 Å². The van der Waals surface area contributed by atoms with Gasteiger partial charge in [-0.15, -0.1) is 0 Å². The Morgan fingerprint density at radius 1 is 1.15 bits per heavy atom. The number of carbonyl (C=O) groups is 1. The third-order valence-corrected chi connectivity index (χ3v) is 4.70. The van der Waals surface area contributed by atoms with Crippen LogP contribution in [0.25, 0.3) is 11.0 Å². The molecule has 2 heterocycles. The Balaban J connectivity index is 1.47. The first-order valence-electron chi connectivity index (χ1n) is 8.72. The molecule has 5 nitrogen and oxygen atoms in total. The molecule has 1 aliphatic rings. The van der Waals surface area contributed by atoms with E-state index >= 15 is 0 Å². The van der Waals surface area contributed by atoms with Gasteiger partial charge in [-0.25, -0.2) is 13.8 Å². The number of rotatable bonds is 4. The van der Waals surface area contributed by atoms with Crippen molar-refractivity contribution >= 4 is 22.8 Å². The third kappa shape index (κ3) is 3.58. The maximum absolute atomic E-state index is 13.4. The largest absolute Gasteiger partial charge is 0.357 e. The van der Waals surface area contributed by atoms with Gasteiger partial charge in [-0.05, 0) is 18.9 Å². The van der Waals surface area contributed by atoms with Gasteiger partial charge >= 0.3 is 0 Å². The summed E-state index contributed by atoms with van der Waals surface area (Å²) < 4.78 is 26.7. The highest BCUT2D eigenvalue weighted by Crippen LogP contribution is 2.21. The first-order chi connectivity index (χ1) is 13.0. The molecule has 1 fully saturated rings. The van der Waals surface area contributed by atoms with E-state index in [4.69, 9.17) is 0 Å². The third-order valence-electron chi connectivity index (χ3n) is 4.70. The van der Waals surface area contributed by atoms with Crippen LogP contribution in [0.4, 0.5) is 14.6 Å². The molecule has 3 aromatic rings. The molecule has 0 aliphatic carbocycles. The summed E-state index contributed by atoms with van der Waals surface area (Å²) in [6, 6.07) is 9.69. The average molecular weight is 368 g/mol. The van der Waals surface area contributed by atoms with E-state index in [0.29, 0.717) is 25.3 Å². The molecule has 0 saturated carbocycles. The molecule has 7 heteroatoms. The second-order valence-electron chi connectivity index (χ2n) is 6.74. The van der Waals surface area contributed by atoms with Gasteiger partial charge in [0, 0.05) is 25.2 Å². The van der Waals surface area contributed by atoms with Crippen LogP contribution < -0.4 is 5.32 Å². The van der Waals surface area contributed by atoms with Gasteiger partial charge in [-0.2, -0.15) is 0 Å². The maximum atomic E-state index is 13.4. The first-order valence-corrected chi connectivity index (χ1v) is 8.72. The van der Waals surface area contributed by atoms with E-state index in [0.717, 1.165) is 17.7 Å². The number of hydrogen-bond donors (Lipinski definition) is 1. The Morgan fingerprint density at radius 2 is 1.85 bits per heavy atom. The van der Waals surface area contributed by atoms with Crippen LogP contribution in [0.1, 0.15) is 17.5 Å². The van der Waals surface area contributed by atoms with Gasteiger partial charge < -0.3 is 10.2 Å². The number of anilines is 1. The summed E-state index contributed by atoms with van der Waals surface area (Å²) in [5.41, 5.74) is 2.76. The van der Waals surface area contributed by atoms with Crippen molar-refractivity contribution in [2.24, 2.45) is 0 Å². The lowest BCUT2D eigenvalue weighted by atomic mass is 10.1. The number of carbonyl (C=O) groups excluding carboxylic acids is 1. The zero-order valence-electron chi connectivity index (χ0n) is 14.7. The van der Waals surface area contributed by atoms with Crippen LogP contribution >= 0.6 is 0 Å². The molecule has 4 rings (SSSR count). The Kier molecular flexibility index (Phi) is 4.43. The highest BCUT2D eigenvalue weighted by molar-refractivity contribution is 5.86. The van der Waals surface area contributed by atoms with E-state index in [1.807, 2.05) is 31.2 Å². The number of halogens is 2.